The number of aromatic nitrogens is 1. The fraction of sp³-hybridized carbons (Fsp3) is 0.739. The van der Waals surface area contributed by atoms with Crippen LogP contribution in [-0.2, 0) is 6.73 Å². The molecule has 0 fully saturated rings. The van der Waals surface area contributed by atoms with Crippen molar-refractivity contribution < 1.29 is 15.3 Å². The minimum absolute atomic E-state index is 0.0905. The first-order valence-electron chi connectivity index (χ1n) is 11.1. The molecule has 27 heavy (non-hydrogen) atoms. The Morgan fingerprint density at radius 2 is 1.26 bits per heavy atom. The second-order valence-corrected chi connectivity index (χ2v) is 7.64. The molecule has 0 atom stereocenters. The fourth-order valence-corrected chi connectivity index (χ4v) is 3.47. The molecule has 0 spiro atoms. The smallest absolute Gasteiger partial charge is 0.203 e. The highest BCUT2D eigenvalue weighted by Crippen LogP contribution is 2.28. The van der Waals surface area contributed by atoms with Crippen LogP contribution in [-0.4, -0.2) is 19.9 Å². The van der Waals surface area contributed by atoms with Gasteiger partial charge in [-0.2, -0.15) is 0 Å². The molecule has 0 aliphatic rings. The van der Waals surface area contributed by atoms with Gasteiger partial charge in [-0.05, 0) is 12.8 Å². The van der Waals surface area contributed by atoms with E-state index in [9.17, 15) is 10.2 Å². The van der Waals surface area contributed by atoms with Crippen molar-refractivity contribution in [3.63, 3.8) is 0 Å². The van der Waals surface area contributed by atoms with Crippen LogP contribution >= 0.6 is 0 Å². The van der Waals surface area contributed by atoms with Crippen molar-refractivity contribution in [2.24, 2.45) is 0 Å². The SMILES string of the molecule is CCCCCCCCCCCCCCCCC=Cc1cc(O)n(CO)c1O. The van der Waals surface area contributed by atoms with Crippen molar-refractivity contribution in [1.82, 2.24) is 4.57 Å². The largest absolute Gasteiger partial charge is 0.494 e. The standard InChI is InChI=1S/C23H41NO3/c1-2-3-4-5-6-7-8-9-10-11-12-13-14-15-16-17-18-21-19-22(26)24(20-25)23(21)27/h17-19,25-27H,2-16,20H2,1H3. The van der Waals surface area contributed by atoms with Crippen molar-refractivity contribution in [3.05, 3.63) is 17.7 Å². The quantitative estimate of drug-likeness (QED) is 0.263. The van der Waals surface area contributed by atoms with Crippen LogP contribution in [0.5, 0.6) is 11.8 Å². The fourth-order valence-electron chi connectivity index (χ4n) is 3.47. The van der Waals surface area contributed by atoms with Gasteiger partial charge in [-0.15, -0.1) is 0 Å². The Labute approximate surface area is 165 Å². The van der Waals surface area contributed by atoms with Gasteiger partial charge in [0.2, 0.25) is 5.88 Å². The Balaban J connectivity index is 1.91. The highest BCUT2D eigenvalue weighted by Gasteiger charge is 2.10. The third-order valence-electron chi connectivity index (χ3n) is 5.24. The Hall–Kier alpha value is -1.42. The number of rotatable bonds is 17. The number of hydrogen-bond donors (Lipinski definition) is 3. The summed E-state index contributed by atoms with van der Waals surface area (Å²) in [5.41, 5.74) is 0.548. The molecular weight excluding hydrogens is 338 g/mol. The number of aliphatic hydroxyl groups is 1. The van der Waals surface area contributed by atoms with E-state index in [4.69, 9.17) is 5.11 Å². The summed E-state index contributed by atoms with van der Waals surface area (Å²) in [6.07, 6.45) is 23.9. The van der Waals surface area contributed by atoms with Crippen LogP contribution in [0, 0.1) is 0 Å². The van der Waals surface area contributed by atoms with Crippen molar-refractivity contribution in [2.75, 3.05) is 0 Å². The zero-order chi connectivity index (χ0) is 19.7. The maximum absolute atomic E-state index is 9.83. The number of hydrogen-bond acceptors (Lipinski definition) is 3. The van der Waals surface area contributed by atoms with Gasteiger partial charge in [-0.1, -0.05) is 103 Å². The summed E-state index contributed by atoms with van der Waals surface area (Å²) >= 11 is 0. The number of nitrogens with zero attached hydrogens (tertiary/aromatic N) is 1. The number of allylic oxidation sites excluding steroid dienone is 1. The lowest BCUT2D eigenvalue weighted by Gasteiger charge is -2.03. The molecule has 0 unspecified atom stereocenters. The predicted octanol–water partition coefficient (Wildman–Crippen LogP) is 6.73. The highest BCUT2D eigenvalue weighted by atomic mass is 16.3. The summed E-state index contributed by atoms with van der Waals surface area (Å²) in [5.74, 6) is -0.210. The Morgan fingerprint density at radius 1 is 0.778 bits per heavy atom. The van der Waals surface area contributed by atoms with E-state index in [-0.39, 0.29) is 11.8 Å². The van der Waals surface area contributed by atoms with Gasteiger partial charge in [-0.25, -0.2) is 0 Å². The summed E-state index contributed by atoms with van der Waals surface area (Å²) in [6.45, 7) is 1.84. The van der Waals surface area contributed by atoms with E-state index in [1.165, 1.54) is 89.5 Å². The molecule has 0 saturated carbocycles. The summed E-state index contributed by atoms with van der Waals surface area (Å²) in [7, 11) is 0. The van der Waals surface area contributed by atoms with E-state index in [0.717, 1.165) is 17.4 Å². The number of aromatic hydroxyl groups is 2. The summed E-state index contributed by atoms with van der Waals surface area (Å²) < 4.78 is 1.06. The average Bonchev–Trinajstić information content (AvgIpc) is 2.94. The maximum atomic E-state index is 9.83. The van der Waals surface area contributed by atoms with E-state index < -0.39 is 6.73 Å². The maximum Gasteiger partial charge on any atom is 0.203 e. The van der Waals surface area contributed by atoms with E-state index in [1.54, 1.807) is 0 Å². The third kappa shape index (κ3) is 10.5. The van der Waals surface area contributed by atoms with Crippen LogP contribution in [0.25, 0.3) is 6.08 Å². The molecule has 0 aliphatic heterocycles. The Kier molecular flexibility index (Phi) is 13.7. The normalized spacial score (nSPS) is 11.6. The van der Waals surface area contributed by atoms with Gasteiger partial charge < -0.3 is 15.3 Å². The topological polar surface area (TPSA) is 65.6 Å². The zero-order valence-corrected chi connectivity index (χ0v) is 17.3. The minimum Gasteiger partial charge on any atom is -0.494 e. The van der Waals surface area contributed by atoms with Gasteiger partial charge in [0.15, 0.2) is 5.88 Å². The van der Waals surface area contributed by atoms with Crippen LogP contribution < -0.4 is 0 Å². The zero-order valence-electron chi connectivity index (χ0n) is 17.3. The molecule has 0 radical (unpaired) electrons. The first kappa shape index (κ1) is 23.6. The molecule has 1 aromatic rings. The molecule has 1 rings (SSSR count). The van der Waals surface area contributed by atoms with Gasteiger partial charge in [0.1, 0.15) is 6.73 Å². The van der Waals surface area contributed by atoms with Crippen LogP contribution in [0.2, 0.25) is 0 Å². The van der Waals surface area contributed by atoms with Crippen molar-refractivity contribution in [1.29, 1.82) is 0 Å². The molecule has 0 amide bonds. The van der Waals surface area contributed by atoms with Crippen molar-refractivity contribution >= 4 is 6.08 Å². The van der Waals surface area contributed by atoms with Gasteiger partial charge in [0.25, 0.3) is 0 Å². The van der Waals surface area contributed by atoms with E-state index in [2.05, 4.69) is 6.92 Å². The van der Waals surface area contributed by atoms with Gasteiger partial charge in [0, 0.05) is 11.6 Å². The summed E-state index contributed by atoms with van der Waals surface area (Å²) in [5, 5.41) is 28.4. The average molecular weight is 380 g/mol. The first-order valence-corrected chi connectivity index (χ1v) is 11.1. The minimum atomic E-state index is -0.426. The van der Waals surface area contributed by atoms with E-state index in [0.29, 0.717) is 5.56 Å². The van der Waals surface area contributed by atoms with E-state index >= 15 is 0 Å². The highest BCUT2D eigenvalue weighted by molar-refractivity contribution is 5.57. The van der Waals surface area contributed by atoms with Gasteiger partial charge in [-0.3, -0.25) is 4.57 Å². The summed E-state index contributed by atoms with van der Waals surface area (Å²) in [4.78, 5) is 0. The molecule has 1 heterocycles. The van der Waals surface area contributed by atoms with Crippen LogP contribution in [0.1, 0.15) is 109 Å². The molecular formula is C23H41NO3. The molecule has 0 bridgehead atoms. The molecule has 3 N–H and O–H groups in total. The molecule has 1 aromatic heterocycles. The lowest BCUT2D eigenvalue weighted by molar-refractivity contribution is 0.183. The van der Waals surface area contributed by atoms with Gasteiger partial charge in [0.05, 0.1) is 0 Å². The van der Waals surface area contributed by atoms with Gasteiger partial charge >= 0.3 is 0 Å². The van der Waals surface area contributed by atoms with E-state index in [1.807, 2.05) is 12.2 Å². The second-order valence-electron chi connectivity index (χ2n) is 7.64. The monoisotopic (exact) mass is 379 g/mol. The number of aliphatic hydroxyl groups excluding tert-OH is 1. The van der Waals surface area contributed by atoms with Crippen LogP contribution in [0.3, 0.4) is 0 Å². The number of unbranched alkanes of at least 4 members (excludes halogenated alkanes) is 14. The van der Waals surface area contributed by atoms with Crippen molar-refractivity contribution in [2.45, 2.75) is 110 Å². The molecule has 4 nitrogen and oxygen atoms in total. The van der Waals surface area contributed by atoms with Crippen LogP contribution in [0.4, 0.5) is 0 Å². The molecule has 0 saturated heterocycles. The molecule has 156 valence electrons. The molecule has 4 heteroatoms. The van der Waals surface area contributed by atoms with Crippen molar-refractivity contribution in [3.8, 4) is 11.8 Å². The lowest BCUT2D eigenvalue weighted by atomic mass is 10.0. The third-order valence-corrected chi connectivity index (χ3v) is 5.24. The Morgan fingerprint density at radius 3 is 1.70 bits per heavy atom. The summed E-state index contributed by atoms with van der Waals surface area (Å²) in [6, 6.07) is 1.47. The predicted molar refractivity (Wildman–Crippen MR) is 114 cm³/mol. The first-order chi connectivity index (χ1) is 13.2. The lowest BCUT2D eigenvalue weighted by Crippen LogP contribution is -1.94. The second kappa shape index (κ2) is 15.6. The van der Waals surface area contributed by atoms with Crippen LogP contribution in [0.15, 0.2) is 12.1 Å². The molecule has 0 aromatic carbocycles. The Bertz CT molecular complexity index is 508. The molecule has 0 aliphatic carbocycles.